The number of anilines is 1. The minimum Gasteiger partial charge on any atom is -0.378 e. The highest BCUT2D eigenvalue weighted by Crippen LogP contribution is 2.27. The quantitative estimate of drug-likeness (QED) is 0.538. The van der Waals surface area contributed by atoms with Gasteiger partial charge in [-0.1, -0.05) is 6.07 Å². The van der Waals surface area contributed by atoms with Crippen LogP contribution in [0.15, 0.2) is 54.9 Å². The van der Waals surface area contributed by atoms with E-state index in [2.05, 4.69) is 15.6 Å². The van der Waals surface area contributed by atoms with Crippen LogP contribution < -0.4 is 10.6 Å². The molecule has 0 saturated carbocycles. The number of rotatable bonds is 6. The summed E-state index contributed by atoms with van der Waals surface area (Å²) >= 11 is 0. The van der Waals surface area contributed by atoms with Crippen molar-refractivity contribution in [2.75, 3.05) is 5.32 Å². The smallest absolute Gasteiger partial charge is 0.257 e. The molecule has 3 rings (SSSR count). The number of aliphatic hydroxyl groups is 1. The maximum absolute atomic E-state index is 13.4. The summed E-state index contributed by atoms with van der Waals surface area (Å²) in [5.41, 5.74) is 2.97. The van der Waals surface area contributed by atoms with Crippen LogP contribution in [0.1, 0.15) is 41.4 Å². The van der Waals surface area contributed by atoms with Gasteiger partial charge in [-0.25, -0.2) is 8.78 Å². The van der Waals surface area contributed by atoms with Crippen LogP contribution in [0.3, 0.4) is 0 Å². The van der Waals surface area contributed by atoms with Crippen LogP contribution in [0.4, 0.5) is 14.5 Å². The van der Waals surface area contributed by atoms with E-state index in [0.717, 1.165) is 28.8 Å². The van der Waals surface area contributed by atoms with Crippen LogP contribution >= 0.6 is 0 Å². The Morgan fingerprint density at radius 3 is 2.31 bits per heavy atom. The Hall–Kier alpha value is -3.65. The summed E-state index contributed by atoms with van der Waals surface area (Å²) in [6, 6.07) is 9.25. The largest absolute Gasteiger partial charge is 0.378 e. The Balaban J connectivity index is 1.78. The van der Waals surface area contributed by atoms with Gasteiger partial charge in [-0.3, -0.25) is 14.6 Å². The first kappa shape index (κ1) is 23.0. The molecule has 2 amide bonds. The molecule has 1 aromatic heterocycles. The van der Waals surface area contributed by atoms with Crippen LogP contribution in [0, 0.1) is 18.6 Å². The number of nitrogens with zero attached hydrogens (tertiary/aromatic N) is 1. The molecule has 0 aliphatic carbocycles. The van der Waals surface area contributed by atoms with Gasteiger partial charge in [0.05, 0.1) is 5.56 Å². The minimum absolute atomic E-state index is 0.00462. The lowest BCUT2D eigenvalue weighted by Gasteiger charge is -2.14. The number of carbonyl (C=O) groups is 2. The van der Waals surface area contributed by atoms with E-state index in [1.807, 2.05) is 20.8 Å². The van der Waals surface area contributed by atoms with Gasteiger partial charge in [0.2, 0.25) is 0 Å². The molecule has 32 heavy (non-hydrogen) atoms. The number of amides is 2. The van der Waals surface area contributed by atoms with Crippen molar-refractivity contribution in [1.82, 2.24) is 10.3 Å². The van der Waals surface area contributed by atoms with Crippen LogP contribution in [0.5, 0.6) is 0 Å². The van der Waals surface area contributed by atoms with Crippen molar-refractivity contribution in [3.63, 3.8) is 0 Å². The third kappa shape index (κ3) is 5.53. The number of hydrogen-bond donors (Lipinski definition) is 3. The second-order valence-corrected chi connectivity index (χ2v) is 7.71. The fourth-order valence-corrected chi connectivity index (χ4v) is 3.22. The highest BCUT2D eigenvalue weighted by atomic mass is 19.1. The molecule has 0 saturated heterocycles. The molecular weight excluding hydrogens is 416 g/mol. The van der Waals surface area contributed by atoms with E-state index in [-0.39, 0.29) is 17.5 Å². The Kier molecular flexibility index (Phi) is 6.95. The van der Waals surface area contributed by atoms with E-state index in [4.69, 9.17) is 0 Å². The minimum atomic E-state index is -1.74. The molecule has 0 radical (unpaired) electrons. The normalized spacial score (nSPS) is 11.8. The highest BCUT2D eigenvalue weighted by molar-refractivity contribution is 5.96. The van der Waals surface area contributed by atoms with Gasteiger partial charge in [-0.15, -0.1) is 0 Å². The maximum atomic E-state index is 13.4. The summed E-state index contributed by atoms with van der Waals surface area (Å²) < 4.78 is 26.7. The number of aromatic nitrogens is 1. The first-order valence-corrected chi connectivity index (χ1v) is 9.96. The van der Waals surface area contributed by atoms with Crippen LogP contribution in [-0.2, 0) is 4.79 Å². The number of aliphatic hydroxyl groups excluding tert-OH is 1. The SMILES string of the molecule is Cc1cc(NC(=O)[C@@H](O)c2cc(F)cc(F)c2)ccc1-c1cncc(C(=O)NC(C)C)c1. The zero-order valence-electron chi connectivity index (χ0n) is 17.8. The standard InChI is InChI=1S/C24H23F2N3O3/c1-13(2)28-23(31)17-7-16(11-27-12-17)21-5-4-20(6-14(21)3)29-24(32)22(30)15-8-18(25)10-19(26)9-15/h4-13,22,30H,1-3H3,(H,28,31)(H,29,32)/t22-/m0/s1. The van der Waals surface area contributed by atoms with Gasteiger partial charge < -0.3 is 15.7 Å². The summed E-state index contributed by atoms with van der Waals surface area (Å²) in [5, 5.41) is 15.5. The van der Waals surface area contributed by atoms with Crippen molar-refractivity contribution in [3.05, 3.63) is 83.2 Å². The number of halogens is 2. The number of nitrogens with one attached hydrogen (secondary N) is 2. The zero-order chi connectivity index (χ0) is 23.4. The predicted molar refractivity (Wildman–Crippen MR) is 117 cm³/mol. The molecule has 0 fully saturated rings. The first-order valence-electron chi connectivity index (χ1n) is 9.96. The van der Waals surface area contributed by atoms with Gasteiger partial charge in [0.15, 0.2) is 6.10 Å². The van der Waals surface area contributed by atoms with Gasteiger partial charge in [-0.05, 0) is 67.8 Å². The van der Waals surface area contributed by atoms with Crippen LogP contribution in [0.25, 0.3) is 11.1 Å². The van der Waals surface area contributed by atoms with Crippen molar-refractivity contribution in [1.29, 1.82) is 0 Å². The average Bonchev–Trinajstić information content (AvgIpc) is 2.72. The van der Waals surface area contributed by atoms with E-state index >= 15 is 0 Å². The molecule has 3 N–H and O–H groups in total. The molecule has 2 aromatic carbocycles. The van der Waals surface area contributed by atoms with Crippen LogP contribution in [-0.4, -0.2) is 27.9 Å². The Morgan fingerprint density at radius 2 is 1.69 bits per heavy atom. The topological polar surface area (TPSA) is 91.3 Å². The van der Waals surface area contributed by atoms with Gasteiger partial charge in [-0.2, -0.15) is 0 Å². The Morgan fingerprint density at radius 1 is 1.00 bits per heavy atom. The van der Waals surface area contributed by atoms with Crippen molar-refractivity contribution in [3.8, 4) is 11.1 Å². The molecular formula is C24H23F2N3O3. The number of hydrogen-bond acceptors (Lipinski definition) is 4. The second-order valence-electron chi connectivity index (χ2n) is 7.71. The number of pyridine rings is 1. The van der Waals surface area contributed by atoms with Crippen molar-refractivity contribution >= 4 is 17.5 Å². The highest BCUT2D eigenvalue weighted by Gasteiger charge is 2.19. The third-order valence-corrected chi connectivity index (χ3v) is 4.67. The number of carbonyl (C=O) groups excluding carboxylic acids is 2. The molecule has 166 valence electrons. The van der Waals surface area contributed by atoms with E-state index in [1.165, 1.54) is 6.20 Å². The van der Waals surface area contributed by atoms with Crippen molar-refractivity contribution in [2.45, 2.75) is 32.9 Å². The van der Waals surface area contributed by atoms with E-state index in [9.17, 15) is 23.5 Å². The fourth-order valence-electron chi connectivity index (χ4n) is 3.22. The van der Waals surface area contributed by atoms with Crippen LogP contribution in [0.2, 0.25) is 0 Å². The number of benzene rings is 2. The monoisotopic (exact) mass is 439 g/mol. The summed E-state index contributed by atoms with van der Waals surface area (Å²) in [5.74, 6) is -2.82. The molecule has 1 heterocycles. The zero-order valence-corrected chi connectivity index (χ0v) is 17.8. The molecule has 3 aromatic rings. The third-order valence-electron chi connectivity index (χ3n) is 4.67. The molecule has 1 atom stereocenters. The molecule has 6 nitrogen and oxygen atoms in total. The van der Waals surface area contributed by atoms with Gasteiger partial charge in [0, 0.05) is 35.8 Å². The molecule has 0 unspecified atom stereocenters. The average molecular weight is 439 g/mol. The van der Waals surface area contributed by atoms with Crippen molar-refractivity contribution < 1.29 is 23.5 Å². The molecule has 8 heteroatoms. The lowest BCUT2D eigenvalue weighted by molar-refractivity contribution is -0.124. The van der Waals surface area contributed by atoms with Gasteiger partial charge >= 0.3 is 0 Å². The Bertz CT molecular complexity index is 1140. The van der Waals surface area contributed by atoms with Gasteiger partial charge in [0.1, 0.15) is 11.6 Å². The van der Waals surface area contributed by atoms with Crippen molar-refractivity contribution in [2.24, 2.45) is 0 Å². The van der Waals surface area contributed by atoms with E-state index in [1.54, 1.807) is 30.5 Å². The predicted octanol–water partition coefficient (Wildman–Crippen LogP) is 4.15. The maximum Gasteiger partial charge on any atom is 0.257 e. The summed E-state index contributed by atoms with van der Waals surface area (Å²) in [4.78, 5) is 28.7. The molecule has 0 spiro atoms. The lowest BCUT2D eigenvalue weighted by atomic mass is 10.00. The second kappa shape index (κ2) is 9.65. The van der Waals surface area contributed by atoms with E-state index < -0.39 is 23.6 Å². The molecule has 0 aliphatic heterocycles. The fraction of sp³-hybridized carbons (Fsp3) is 0.208. The summed E-state index contributed by atoms with van der Waals surface area (Å²) in [6.07, 6.45) is 1.39. The Labute approximate surface area is 184 Å². The van der Waals surface area contributed by atoms with E-state index in [0.29, 0.717) is 17.3 Å². The number of aryl methyl sites for hydroxylation is 1. The summed E-state index contributed by atoms with van der Waals surface area (Å²) in [7, 11) is 0. The first-order chi connectivity index (χ1) is 15.1. The molecule has 0 aliphatic rings. The summed E-state index contributed by atoms with van der Waals surface area (Å²) in [6.45, 7) is 5.56. The lowest BCUT2D eigenvalue weighted by Crippen LogP contribution is -2.30. The van der Waals surface area contributed by atoms with Gasteiger partial charge in [0.25, 0.3) is 11.8 Å². The molecule has 0 bridgehead atoms.